The number of nitro groups is 1. The van der Waals surface area contributed by atoms with Gasteiger partial charge in [0.1, 0.15) is 11.8 Å². The van der Waals surface area contributed by atoms with Crippen molar-refractivity contribution in [1.82, 2.24) is 4.90 Å². The Morgan fingerprint density at radius 1 is 1.43 bits per heavy atom. The maximum atomic E-state index is 12.0. The van der Waals surface area contributed by atoms with Crippen LogP contribution in [0, 0.1) is 21.4 Å². The number of nitriles is 1. The number of halogens is 1. The highest BCUT2D eigenvalue weighted by Gasteiger charge is 2.31. The summed E-state index contributed by atoms with van der Waals surface area (Å²) in [6, 6.07) is 3.77. The maximum absolute atomic E-state index is 12.0. The van der Waals surface area contributed by atoms with Gasteiger partial charge in [-0.2, -0.15) is 5.26 Å². The molecular formula is C13H9ClN4O5. The lowest BCUT2D eigenvalue weighted by atomic mass is 10.1. The van der Waals surface area contributed by atoms with Crippen molar-refractivity contribution in [2.45, 2.75) is 0 Å². The summed E-state index contributed by atoms with van der Waals surface area (Å²) in [5.74, 6) is -1.31. The van der Waals surface area contributed by atoms with E-state index in [9.17, 15) is 19.7 Å². The number of anilines is 1. The molecule has 0 atom stereocenters. The largest absolute Gasteiger partial charge is 0.395 e. The molecule has 1 aromatic carbocycles. The molecular weight excluding hydrogens is 328 g/mol. The van der Waals surface area contributed by atoms with Crippen molar-refractivity contribution in [2.75, 3.05) is 18.5 Å². The third-order valence-electron chi connectivity index (χ3n) is 3.00. The molecule has 0 aliphatic carbocycles. The number of nitrogens with one attached hydrogen (secondary N) is 1. The minimum Gasteiger partial charge on any atom is -0.395 e. The lowest BCUT2D eigenvalue weighted by Crippen LogP contribution is -2.34. The fourth-order valence-corrected chi connectivity index (χ4v) is 2.22. The highest BCUT2D eigenvalue weighted by Crippen LogP contribution is 2.32. The molecule has 2 rings (SSSR count). The van der Waals surface area contributed by atoms with Crippen molar-refractivity contribution in [3.63, 3.8) is 0 Å². The first-order valence-electron chi connectivity index (χ1n) is 6.22. The first-order valence-corrected chi connectivity index (χ1v) is 6.60. The standard InChI is InChI=1S/C13H9ClN4O5/c14-9-4-8(18(22)23)3-7(6-15)12(9)16-10-5-11(20)17(1-2-19)13(10)21/h3-5,16,19H,1-2H2. The van der Waals surface area contributed by atoms with Gasteiger partial charge in [-0.1, -0.05) is 11.6 Å². The second-order valence-corrected chi connectivity index (χ2v) is 4.83. The zero-order valence-electron chi connectivity index (χ0n) is 11.4. The van der Waals surface area contributed by atoms with E-state index in [1.807, 2.05) is 0 Å². The lowest BCUT2D eigenvalue weighted by Gasteiger charge is -2.14. The normalized spacial score (nSPS) is 13.8. The van der Waals surface area contributed by atoms with Crippen molar-refractivity contribution in [2.24, 2.45) is 0 Å². The predicted molar refractivity (Wildman–Crippen MR) is 78.3 cm³/mol. The van der Waals surface area contributed by atoms with Crippen LogP contribution in [0.2, 0.25) is 5.02 Å². The summed E-state index contributed by atoms with van der Waals surface area (Å²) in [6.45, 7) is -0.557. The van der Waals surface area contributed by atoms with Gasteiger partial charge in [0.25, 0.3) is 17.5 Å². The SMILES string of the molecule is N#Cc1cc([N+](=O)[O-])cc(Cl)c1NC1=CC(=O)N(CCO)C1=O. The molecule has 118 valence electrons. The van der Waals surface area contributed by atoms with E-state index in [1.54, 1.807) is 6.07 Å². The molecule has 9 nitrogen and oxygen atoms in total. The Bertz CT molecular complexity index is 783. The van der Waals surface area contributed by atoms with Crippen molar-refractivity contribution < 1.29 is 19.6 Å². The Labute approximate surface area is 134 Å². The number of amides is 2. The maximum Gasteiger partial charge on any atom is 0.277 e. The van der Waals surface area contributed by atoms with Crippen LogP contribution in [-0.2, 0) is 9.59 Å². The van der Waals surface area contributed by atoms with Crippen LogP contribution in [0.15, 0.2) is 23.9 Å². The number of carbonyl (C=O) groups excluding carboxylic acids is 2. The molecule has 2 amide bonds. The molecule has 23 heavy (non-hydrogen) atoms. The molecule has 0 radical (unpaired) electrons. The van der Waals surface area contributed by atoms with Gasteiger partial charge in [0, 0.05) is 18.2 Å². The van der Waals surface area contributed by atoms with E-state index >= 15 is 0 Å². The highest BCUT2D eigenvalue weighted by atomic mass is 35.5. The highest BCUT2D eigenvalue weighted by molar-refractivity contribution is 6.34. The minimum atomic E-state index is -0.705. The predicted octanol–water partition coefficient (Wildman–Crippen LogP) is 0.777. The first-order chi connectivity index (χ1) is 10.9. The van der Waals surface area contributed by atoms with Crippen LogP contribution in [0.1, 0.15) is 5.56 Å². The Hall–Kier alpha value is -2.96. The summed E-state index contributed by atoms with van der Waals surface area (Å²) in [5.41, 5.74) is -0.679. The van der Waals surface area contributed by atoms with E-state index in [1.165, 1.54) is 0 Å². The van der Waals surface area contributed by atoms with Gasteiger partial charge in [0.2, 0.25) is 0 Å². The molecule has 2 N–H and O–H groups in total. The van der Waals surface area contributed by atoms with E-state index in [-0.39, 0.29) is 40.8 Å². The van der Waals surface area contributed by atoms with Crippen LogP contribution >= 0.6 is 11.6 Å². The number of nitro benzene ring substituents is 1. The summed E-state index contributed by atoms with van der Waals surface area (Å²) in [7, 11) is 0. The molecule has 1 heterocycles. The number of non-ortho nitro benzene ring substituents is 1. The molecule has 0 aromatic heterocycles. The van der Waals surface area contributed by atoms with Crippen LogP contribution in [-0.4, -0.2) is 39.9 Å². The second kappa shape index (κ2) is 6.43. The third kappa shape index (κ3) is 3.13. The summed E-state index contributed by atoms with van der Waals surface area (Å²) in [6.07, 6.45) is 0.997. The molecule has 0 bridgehead atoms. The Kier molecular flexibility index (Phi) is 4.59. The molecule has 0 unspecified atom stereocenters. The van der Waals surface area contributed by atoms with Crippen LogP contribution < -0.4 is 5.32 Å². The number of hydrogen-bond donors (Lipinski definition) is 2. The monoisotopic (exact) mass is 336 g/mol. The Morgan fingerprint density at radius 2 is 2.13 bits per heavy atom. The number of rotatable bonds is 5. The van der Waals surface area contributed by atoms with E-state index < -0.39 is 16.7 Å². The summed E-state index contributed by atoms with van der Waals surface area (Å²) in [4.78, 5) is 34.5. The average molecular weight is 337 g/mol. The van der Waals surface area contributed by atoms with Gasteiger partial charge < -0.3 is 10.4 Å². The first kappa shape index (κ1) is 16.4. The van der Waals surface area contributed by atoms with Gasteiger partial charge in [-0.15, -0.1) is 0 Å². The van der Waals surface area contributed by atoms with E-state index in [4.69, 9.17) is 22.0 Å². The van der Waals surface area contributed by atoms with Crippen molar-refractivity contribution in [3.8, 4) is 6.07 Å². The zero-order valence-corrected chi connectivity index (χ0v) is 12.2. The number of aliphatic hydroxyl groups is 1. The summed E-state index contributed by atoms with van der Waals surface area (Å²) in [5, 5.41) is 31.1. The van der Waals surface area contributed by atoms with Crippen LogP contribution in [0.3, 0.4) is 0 Å². The number of benzene rings is 1. The fourth-order valence-electron chi connectivity index (χ4n) is 1.96. The van der Waals surface area contributed by atoms with Gasteiger partial charge in [0.05, 0.1) is 34.3 Å². The summed E-state index contributed by atoms with van der Waals surface area (Å²) >= 11 is 5.92. The van der Waals surface area contributed by atoms with Crippen molar-refractivity contribution in [3.05, 3.63) is 44.6 Å². The van der Waals surface area contributed by atoms with Crippen LogP contribution in [0.4, 0.5) is 11.4 Å². The quantitative estimate of drug-likeness (QED) is 0.460. The molecule has 1 aliphatic heterocycles. The van der Waals surface area contributed by atoms with E-state index in [0.717, 1.165) is 23.1 Å². The van der Waals surface area contributed by atoms with Gasteiger partial charge in [-0.25, -0.2) is 0 Å². The second-order valence-electron chi connectivity index (χ2n) is 4.42. The number of imide groups is 1. The minimum absolute atomic E-state index is 0.0157. The topological polar surface area (TPSA) is 137 Å². The van der Waals surface area contributed by atoms with Crippen LogP contribution in [0.25, 0.3) is 0 Å². The smallest absolute Gasteiger partial charge is 0.277 e. The van der Waals surface area contributed by atoms with Gasteiger partial charge in [-0.05, 0) is 0 Å². The molecule has 0 fully saturated rings. The number of carbonyl (C=O) groups is 2. The molecule has 1 aromatic rings. The Morgan fingerprint density at radius 3 is 2.70 bits per heavy atom. The number of nitrogens with zero attached hydrogens (tertiary/aromatic N) is 3. The Balaban J connectivity index is 2.37. The molecule has 0 saturated carbocycles. The zero-order chi connectivity index (χ0) is 17.1. The van der Waals surface area contributed by atoms with E-state index in [0.29, 0.717) is 0 Å². The van der Waals surface area contributed by atoms with Crippen LogP contribution in [0.5, 0.6) is 0 Å². The van der Waals surface area contributed by atoms with E-state index in [2.05, 4.69) is 5.32 Å². The van der Waals surface area contributed by atoms with Crippen molar-refractivity contribution in [1.29, 1.82) is 5.26 Å². The van der Waals surface area contributed by atoms with Crippen molar-refractivity contribution >= 4 is 34.8 Å². The number of hydrogen-bond acceptors (Lipinski definition) is 7. The van der Waals surface area contributed by atoms with Gasteiger partial charge >= 0.3 is 0 Å². The average Bonchev–Trinajstić information content (AvgIpc) is 2.76. The molecule has 0 spiro atoms. The molecule has 1 aliphatic rings. The third-order valence-corrected chi connectivity index (χ3v) is 3.30. The molecule has 0 saturated heterocycles. The van der Waals surface area contributed by atoms with Gasteiger partial charge in [0.15, 0.2) is 0 Å². The number of aliphatic hydroxyl groups excluding tert-OH is 1. The number of β-amino-alcohol motifs (C(OH)–C–C–N with tert-alkyl or cyclic N) is 1. The lowest BCUT2D eigenvalue weighted by molar-refractivity contribution is -0.384. The van der Waals surface area contributed by atoms with Gasteiger partial charge in [-0.3, -0.25) is 24.6 Å². The fraction of sp³-hybridized carbons (Fsp3) is 0.154. The summed E-state index contributed by atoms with van der Waals surface area (Å²) < 4.78 is 0. The molecule has 10 heteroatoms.